The average molecular weight is 321 g/mol. The van der Waals surface area contributed by atoms with Crippen LogP contribution in [0.4, 0.5) is 0 Å². The van der Waals surface area contributed by atoms with Gasteiger partial charge in [0.15, 0.2) is 0 Å². The minimum absolute atomic E-state index is 0.00674. The van der Waals surface area contributed by atoms with Gasteiger partial charge in [0.05, 0.1) is 23.3 Å². The number of hydrogen-bond acceptors (Lipinski definition) is 3. The molecule has 0 spiro atoms. The van der Waals surface area contributed by atoms with Gasteiger partial charge in [0.25, 0.3) is 5.56 Å². The van der Waals surface area contributed by atoms with Crippen molar-refractivity contribution in [3.8, 4) is 0 Å². The van der Waals surface area contributed by atoms with Crippen molar-refractivity contribution < 1.29 is 4.74 Å². The standard InChI is InChI=1S/C17H21ClN2O2/c1-12-9-13(18)10-15-16(12)19-11-20(17(15)21)7-3-2-5-14-6-4-8-22-14/h9-11,14H,2-8H2,1H3/t14-/m0/s1. The molecule has 1 aromatic heterocycles. The molecule has 4 nitrogen and oxygen atoms in total. The summed E-state index contributed by atoms with van der Waals surface area (Å²) in [6, 6.07) is 3.55. The van der Waals surface area contributed by atoms with Gasteiger partial charge in [-0.25, -0.2) is 4.98 Å². The van der Waals surface area contributed by atoms with Crippen LogP contribution in [0.25, 0.3) is 10.9 Å². The first-order chi connectivity index (χ1) is 10.6. The van der Waals surface area contributed by atoms with Gasteiger partial charge in [0, 0.05) is 18.2 Å². The van der Waals surface area contributed by atoms with Crippen molar-refractivity contribution in [1.29, 1.82) is 0 Å². The van der Waals surface area contributed by atoms with Crippen LogP contribution in [0.15, 0.2) is 23.3 Å². The normalized spacial score (nSPS) is 18.2. The van der Waals surface area contributed by atoms with Gasteiger partial charge in [-0.3, -0.25) is 9.36 Å². The van der Waals surface area contributed by atoms with Crippen molar-refractivity contribution in [3.05, 3.63) is 39.4 Å². The molecule has 2 aromatic rings. The van der Waals surface area contributed by atoms with Crippen LogP contribution < -0.4 is 5.56 Å². The van der Waals surface area contributed by atoms with Gasteiger partial charge in [0.2, 0.25) is 0 Å². The van der Waals surface area contributed by atoms with Crippen LogP contribution in [-0.2, 0) is 11.3 Å². The van der Waals surface area contributed by atoms with Gasteiger partial charge in [-0.05, 0) is 56.7 Å². The second-order valence-corrected chi connectivity index (χ2v) is 6.43. The number of aryl methyl sites for hydroxylation is 2. The molecule has 0 amide bonds. The summed E-state index contributed by atoms with van der Waals surface area (Å²) in [6.45, 7) is 3.52. The SMILES string of the molecule is Cc1cc(Cl)cc2c(=O)n(CCCC[C@H]3CCCO3)cnc12. The molecule has 1 atom stereocenters. The number of benzene rings is 1. The second kappa shape index (κ2) is 6.80. The summed E-state index contributed by atoms with van der Waals surface area (Å²) in [4.78, 5) is 16.9. The van der Waals surface area contributed by atoms with Crippen molar-refractivity contribution in [2.24, 2.45) is 0 Å². The molecule has 0 N–H and O–H groups in total. The van der Waals surface area contributed by atoms with Crippen LogP contribution in [-0.4, -0.2) is 22.3 Å². The summed E-state index contributed by atoms with van der Waals surface area (Å²) >= 11 is 6.06. The quantitative estimate of drug-likeness (QED) is 0.789. The van der Waals surface area contributed by atoms with Gasteiger partial charge < -0.3 is 4.74 Å². The van der Waals surface area contributed by atoms with Crippen LogP contribution in [0.5, 0.6) is 0 Å². The zero-order valence-corrected chi connectivity index (χ0v) is 13.6. The van der Waals surface area contributed by atoms with Crippen LogP contribution in [0.1, 0.15) is 37.7 Å². The number of aromatic nitrogens is 2. The number of halogens is 1. The highest BCUT2D eigenvalue weighted by molar-refractivity contribution is 6.31. The van der Waals surface area contributed by atoms with E-state index < -0.39 is 0 Å². The highest BCUT2D eigenvalue weighted by Crippen LogP contribution is 2.20. The molecular weight excluding hydrogens is 300 g/mol. The first-order valence-electron chi connectivity index (χ1n) is 7.92. The predicted molar refractivity (Wildman–Crippen MR) is 88.6 cm³/mol. The fourth-order valence-electron chi connectivity index (χ4n) is 3.09. The predicted octanol–water partition coefficient (Wildman–Crippen LogP) is 3.71. The second-order valence-electron chi connectivity index (χ2n) is 5.99. The summed E-state index contributed by atoms with van der Waals surface area (Å²) in [7, 11) is 0. The lowest BCUT2D eigenvalue weighted by Gasteiger charge is -2.10. The van der Waals surface area contributed by atoms with Crippen LogP contribution in [0, 0.1) is 6.92 Å². The first-order valence-corrected chi connectivity index (χ1v) is 8.30. The Morgan fingerprint density at radius 2 is 2.27 bits per heavy atom. The Morgan fingerprint density at radius 1 is 1.41 bits per heavy atom. The lowest BCUT2D eigenvalue weighted by atomic mass is 10.1. The smallest absolute Gasteiger partial charge is 0.261 e. The van der Waals surface area contributed by atoms with Crippen LogP contribution in [0.2, 0.25) is 5.02 Å². The molecule has 0 bridgehead atoms. The van der Waals surface area contributed by atoms with Crippen molar-refractivity contribution in [1.82, 2.24) is 9.55 Å². The van der Waals surface area contributed by atoms with E-state index in [0.717, 1.165) is 36.9 Å². The van der Waals surface area contributed by atoms with E-state index in [9.17, 15) is 4.79 Å². The van der Waals surface area contributed by atoms with Gasteiger partial charge in [-0.2, -0.15) is 0 Å². The lowest BCUT2D eigenvalue weighted by Crippen LogP contribution is -2.21. The molecule has 0 saturated carbocycles. The highest BCUT2D eigenvalue weighted by atomic mass is 35.5. The zero-order valence-electron chi connectivity index (χ0n) is 12.8. The number of nitrogens with zero attached hydrogens (tertiary/aromatic N) is 2. The molecule has 2 heterocycles. The van der Waals surface area contributed by atoms with Crippen molar-refractivity contribution >= 4 is 22.5 Å². The summed E-state index contributed by atoms with van der Waals surface area (Å²) in [5, 5.41) is 1.19. The maximum absolute atomic E-state index is 12.5. The lowest BCUT2D eigenvalue weighted by molar-refractivity contribution is 0.102. The summed E-state index contributed by atoms with van der Waals surface area (Å²) < 4.78 is 7.31. The van der Waals surface area contributed by atoms with Gasteiger partial charge >= 0.3 is 0 Å². The van der Waals surface area contributed by atoms with E-state index in [1.165, 1.54) is 12.8 Å². The Labute approximate surface area is 135 Å². The monoisotopic (exact) mass is 320 g/mol. The average Bonchev–Trinajstić information content (AvgIpc) is 2.99. The molecule has 5 heteroatoms. The third-order valence-corrected chi connectivity index (χ3v) is 4.50. The van der Waals surface area contributed by atoms with E-state index in [2.05, 4.69) is 4.98 Å². The van der Waals surface area contributed by atoms with Gasteiger partial charge in [-0.1, -0.05) is 11.6 Å². The number of rotatable bonds is 5. The van der Waals surface area contributed by atoms with Gasteiger partial charge in [-0.15, -0.1) is 0 Å². The minimum Gasteiger partial charge on any atom is -0.378 e. The molecule has 1 aromatic carbocycles. The Morgan fingerprint density at radius 3 is 3.05 bits per heavy atom. The topological polar surface area (TPSA) is 44.1 Å². The highest BCUT2D eigenvalue weighted by Gasteiger charge is 2.14. The van der Waals surface area contributed by atoms with E-state index in [1.807, 2.05) is 13.0 Å². The fourth-order valence-corrected chi connectivity index (χ4v) is 3.36. The number of hydrogen-bond donors (Lipinski definition) is 0. The van der Waals surface area contributed by atoms with Crippen molar-refractivity contribution in [2.75, 3.05) is 6.61 Å². The van der Waals surface area contributed by atoms with E-state index in [1.54, 1.807) is 17.0 Å². The Hall–Kier alpha value is -1.39. The molecule has 22 heavy (non-hydrogen) atoms. The van der Waals surface area contributed by atoms with Gasteiger partial charge in [0.1, 0.15) is 0 Å². The molecule has 1 fully saturated rings. The molecule has 1 aliphatic rings. The summed E-state index contributed by atoms with van der Waals surface area (Å²) in [5.41, 5.74) is 1.67. The Balaban J connectivity index is 1.68. The number of ether oxygens (including phenoxy) is 1. The molecule has 0 unspecified atom stereocenters. The molecule has 1 saturated heterocycles. The maximum atomic E-state index is 12.5. The third kappa shape index (κ3) is 3.33. The van der Waals surface area contributed by atoms with E-state index >= 15 is 0 Å². The minimum atomic E-state index is -0.00674. The molecule has 0 aliphatic carbocycles. The molecule has 0 radical (unpaired) electrons. The molecule has 3 rings (SSSR count). The maximum Gasteiger partial charge on any atom is 0.261 e. The first kappa shape index (κ1) is 15.5. The molecular formula is C17H21ClN2O2. The van der Waals surface area contributed by atoms with Crippen LogP contribution >= 0.6 is 11.6 Å². The Kier molecular flexibility index (Phi) is 4.79. The molecule has 118 valence electrons. The van der Waals surface area contributed by atoms with Crippen molar-refractivity contribution in [2.45, 2.75) is 51.7 Å². The fraction of sp³-hybridized carbons (Fsp3) is 0.529. The Bertz CT molecular complexity index is 720. The van der Waals surface area contributed by atoms with E-state index in [4.69, 9.17) is 16.3 Å². The zero-order chi connectivity index (χ0) is 15.5. The van der Waals surface area contributed by atoms with E-state index in [-0.39, 0.29) is 5.56 Å². The summed E-state index contributed by atoms with van der Waals surface area (Å²) in [6.07, 6.45) is 7.55. The van der Waals surface area contributed by atoms with Crippen LogP contribution in [0.3, 0.4) is 0 Å². The molecule has 1 aliphatic heterocycles. The largest absolute Gasteiger partial charge is 0.378 e. The van der Waals surface area contributed by atoms with E-state index in [0.29, 0.717) is 23.1 Å². The number of unbranched alkanes of at least 4 members (excludes halogenated alkanes) is 1. The third-order valence-electron chi connectivity index (χ3n) is 4.28. The number of fused-ring (bicyclic) bond motifs is 1. The summed E-state index contributed by atoms with van der Waals surface area (Å²) in [5.74, 6) is 0. The van der Waals surface area contributed by atoms with Crippen molar-refractivity contribution in [3.63, 3.8) is 0 Å².